The average molecular weight is 278 g/mol. The number of rotatable bonds is 3. The van der Waals surface area contributed by atoms with Gasteiger partial charge in [0.15, 0.2) is 0 Å². The Kier molecular flexibility index (Phi) is 3.80. The lowest BCUT2D eigenvalue weighted by molar-refractivity contribution is 0.177. The molecule has 0 bridgehead atoms. The molecule has 1 saturated heterocycles. The van der Waals surface area contributed by atoms with Crippen molar-refractivity contribution < 1.29 is 4.21 Å². The zero-order valence-corrected chi connectivity index (χ0v) is 12.6. The molecule has 1 aliphatic rings. The Morgan fingerprint density at radius 2 is 2.26 bits per heavy atom. The maximum Gasteiger partial charge on any atom is 0.0622 e. The normalized spacial score (nSPS) is 22.4. The highest BCUT2D eigenvalue weighted by Gasteiger charge is 2.34. The fourth-order valence-electron chi connectivity index (χ4n) is 2.75. The molecule has 1 aromatic carbocycles. The molecule has 2 rings (SSSR count). The molecular weight excluding hydrogens is 256 g/mol. The van der Waals surface area contributed by atoms with Crippen LogP contribution in [0.2, 0.25) is 0 Å². The molecule has 3 nitrogen and oxygen atoms in total. The van der Waals surface area contributed by atoms with E-state index in [1.807, 2.05) is 0 Å². The molecule has 1 aliphatic heterocycles. The van der Waals surface area contributed by atoms with Gasteiger partial charge in [0.1, 0.15) is 0 Å². The number of nitrogen functional groups attached to an aromatic ring is 1. The number of nitrogens with zero attached hydrogens (tertiary/aromatic N) is 1. The zero-order valence-electron chi connectivity index (χ0n) is 11.7. The van der Waals surface area contributed by atoms with E-state index in [4.69, 9.17) is 5.73 Å². The molecule has 0 spiro atoms. The Balaban J connectivity index is 2.22. The van der Waals surface area contributed by atoms with Crippen LogP contribution in [-0.4, -0.2) is 26.5 Å². The second-order valence-corrected chi connectivity index (χ2v) is 8.15. The monoisotopic (exact) mass is 278 g/mol. The van der Waals surface area contributed by atoms with Crippen molar-refractivity contribution in [2.24, 2.45) is 0 Å². The largest absolute Gasteiger partial charge is 0.398 e. The van der Waals surface area contributed by atoms with Crippen LogP contribution >= 0.6 is 0 Å². The highest BCUT2D eigenvalue weighted by atomic mass is 32.2. The van der Waals surface area contributed by atoms with Gasteiger partial charge in [-0.2, -0.15) is 0 Å². The van der Waals surface area contributed by atoms with Crippen molar-refractivity contribution in [3.63, 3.8) is 0 Å². The van der Waals surface area contributed by atoms with Gasteiger partial charge in [0.25, 0.3) is 0 Å². The maximum absolute atomic E-state index is 13.0. The van der Waals surface area contributed by atoms with Crippen molar-refractivity contribution in [3.05, 3.63) is 29.8 Å². The Labute approximate surface area is 116 Å². The quantitative estimate of drug-likeness (QED) is 0.862. The first kappa shape index (κ1) is 14.2. The SMILES string of the molecule is C=S(=O)(Cc1c#ccc(N)c1)N1CCCCC1(C)C. The van der Waals surface area contributed by atoms with Crippen molar-refractivity contribution >= 4 is 21.3 Å². The van der Waals surface area contributed by atoms with E-state index in [2.05, 4.69) is 36.2 Å². The minimum atomic E-state index is -2.33. The van der Waals surface area contributed by atoms with E-state index >= 15 is 0 Å². The molecule has 0 aliphatic carbocycles. The molecule has 1 atom stereocenters. The zero-order chi connectivity index (χ0) is 14.1. The fourth-order valence-corrected chi connectivity index (χ4v) is 5.00. The number of piperidine rings is 1. The predicted octanol–water partition coefficient (Wildman–Crippen LogP) is 2.27. The van der Waals surface area contributed by atoms with E-state index in [1.54, 1.807) is 12.1 Å². The second kappa shape index (κ2) is 5.07. The second-order valence-electron chi connectivity index (χ2n) is 5.87. The van der Waals surface area contributed by atoms with Crippen molar-refractivity contribution in [1.29, 1.82) is 0 Å². The van der Waals surface area contributed by atoms with Crippen LogP contribution in [0.1, 0.15) is 38.7 Å². The third-order valence-electron chi connectivity index (χ3n) is 3.67. The van der Waals surface area contributed by atoms with Crippen LogP contribution in [0.3, 0.4) is 0 Å². The first-order chi connectivity index (χ1) is 8.81. The van der Waals surface area contributed by atoms with Crippen LogP contribution in [0.25, 0.3) is 0 Å². The van der Waals surface area contributed by atoms with E-state index < -0.39 is 9.71 Å². The summed E-state index contributed by atoms with van der Waals surface area (Å²) < 4.78 is 15.0. The van der Waals surface area contributed by atoms with Gasteiger partial charge in [-0.05, 0) is 38.6 Å². The molecule has 0 saturated carbocycles. The molecule has 4 heteroatoms. The van der Waals surface area contributed by atoms with E-state index in [1.165, 1.54) is 6.42 Å². The van der Waals surface area contributed by atoms with Gasteiger partial charge in [0.05, 0.1) is 5.75 Å². The van der Waals surface area contributed by atoms with Crippen molar-refractivity contribution in [3.8, 4) is 0 Å². The third-order valence-corrected chi connectivity index (χ3v) is 5.91. The van der Waals surface area contributed by atoms with Crippen molar-refractivity contribution in [2.45, 2.75) is 44.4 Å². The van der Waals surface area contributed by atoms with Gasteiger partial charge in [-0.1, -0.05) is 18.6 Å². The summed E-state index contributed by atoms with van der Waals surface area (Å²) in [4.78, 5) is 0. The summed E-state index contributed by atoms with van der Waals surface area (Å²) in [5.41, 5.74) is 7.12. The van der Waals surface area contributed by atoms with E-state index in [-0.39, 0.29) is 5.54 Å². The van der Waals surface area contributed by atoms with E-state index in [0.717, 1.165) is 24.9 Å². The summed E-state index contributed by atoms with van der Waals surface area (Å²) in [6.45, 7) is 5.14. The first-order valence-electron chi connectivity index (χ1n) is 6.62. The van der Waals surface area contributed by atoms with Crippen molar-refractivity contribution in [1.82, 2.24) is 4.31 Å². The molecule has 104 valence electrons. The van der Waals surface area contributed by atoms with Gasteiger partial charge in [0.2, 0.25) is 0 Å². The van der Waals surface area contributed by atoms with Gasteiger partial charge in [-0.3, -0.25) is 4.21 Å². The summed E-state index contributed by atoms with van der Waals surface area (Å²) in [5.74, 6) is 4.38. The molecule has 0 amide bonds. The summed E-state index contributed by atoms with van der Waals surface area (Å²) >= 11 is 0. The topological polar surface area (TPSA) is 46.3 Å². The van der Waals surface area contributed by atoms with E-state index in [9.17, 15) is 4.21 Å². The smallest absolute Gasteiger partial charge is 0.0622 e. The molecule has 2 N–H and O–H groups in total. The van der Waals surface area contributed by atoms with Gasteiger partial charge < -0.3 is 5.73 Å². The van der Waals surface area contributed by atoms with Crippen LogP contribution in [-0.2, 0) is 15.5 Å². The third kappa shape index (κ3) is 3.23. The molecule has 0 radical (unpaired) electrons. The lowest BCUT2D eigenvalue weighted by Gasteiger charge is -2.43. The van der Waals surface area contributed by atoms with Gasteiger partial charge in [0, 0.05) is 39.1 Å². The molecular formula is C15H22N2OS. The van der Waals surface area contributed by atoms with Crippen molar-refractivity contribution in [2.75, 3.05) is 12.3 Å². The summed E-state index contributed by atoms with van der Waals surface area (Å²) in [5, 5.41) is 0. The summed E-state index contributed by atoms with van der Waals surface area (Å²) in [6.07, 6.45) is 3.34. The molecule has 1 fully saturated rings. The van der Waals surface area contributed by atoms with Crippen LogP contribution in [0.4, 0.5) is 5.69 Å². The standard InChI is InChI=1S/C15H22N2OS/c1-15(2)9-4-5-10-17(15)19(3,18)12-13-7-6-8-14(16)11-13/h8,11H,3-5,9-10,12,16H2,1-2H3. The van der Waals surface area contributed by atoms with Crippen LogP contribution in [0.15, 0.2) is 12.1 Å². The Hall–Kier alpha value is -1.18. The van der Waals surface area contributed by atoms with Gasteiger partial charge in [-0.25, -0.2) is 4.31 Å². The minimum Gasteiger partial charge on any atom is -0.398 e. The lowest BCUT2D eigenvalue weighted by Crippen LogP contribution is -2.50. The first-order valence-corrected chi connectivity index (χ1v) is 8.47. The summed E-state index contributed by atoms with van der Waals surface area (Å²) in [6, 6.07) is 9.30. The summed E-state index contributed by atoms with van der Waals surface area (Å²) in [7, 11) is -2.33. The highest BCUT2D eigenvalue weighted by molar-refractivity contribution is 7.97. The van der Waals surface area contributed by atoms with E-state index in [0.29, 0.717) is 11.4 Å². The lowest BCUT2D eigenvalue weighted by atomic mass is 9.93. The molecule has 1 aromatic rings. The highest BCUT2D eigenvalue weighted by Crippen LogP contribution is 2.31. The molecule has 19 heavy (non-hydrogen) atoms. The van der Waals surface area contributed by atoms with Gasteiger partial charge >= 0.3 is 0 Å². The number of hydrogen-bond acceptors (Lipinski definition) is 2. The fraction of sp³-hybridized carbons (Fsp3) is 0.533. The Morgan fingerprint density at radius 1 is 1.53 bits per heavy atom. The molecule has 1 unspecified atom stereocenters. The predicted molar refractivity (Wildman–Crippen MR) is 82.1 cm³/mol. The minimum absolute atomic E-state index is 0.0544. The van der Waals surface area contributed by atoms with Crippen LogP contribution in [0.5, 0.6) is 0 Å². The van der Waals surface area contributed by atoms with Gasteiger partial charge in [-0.15, -0.1) is 0 Å². The Morgan fingerprint density at radius 3 is 2.89 bits per heavy atom. The molecule has 0 aromatic heterocycles. The molecule has 1 heterocycles. The van der Waals surface area contributed by atoms with Crippen LogP contribution in [0, 0.1) is 12.1 Å². The Bertz CT molecular complexity index is 549. The van der Waals surface area contributed by atoms with Crippen LogP contribution < -0.4 is 5.73 Å². The average Bonchev–Trinajstić information content (AvgIpc) is 2.27. The number of hydrogen-bond donors (Lipinski definition) is 1. The number of nitrogens with two attached hydrogens (primary N) is 1. The number of anilines is 1. The maximum atomic E-state index is 13.0.